The predicted octanol–water partition coefficient (Wildman–Crippen LogP) is 1.16. The highest BCUT2D eigenvalue weighted by molar-refractivity contribution is 5.83. The predicted molar refractivity (Wildman–Crippen MR) is 99.1 cm³/mol. The van der Waals surface area contributed by atoms with Gasteiger partial charge in [0.15, 0.2) is 0 Å². The molecule has 2 N–H and O–H groups in total. The second-order valence-electron chi connectivity index (χ2n) is 8.15. The Morgan fingerprint density at radius 3 is 3.04 bits per heavy atom. The molecule has 3 atom stereocenters. The van der Waals surface area contributed by atoms with E-state index in [1.165, 1.54) is 0 Å². The Hall–Kier alpha value is -1.44. The van der Waals surface area contributed by atoms with Gasteiger partial charge in [-0.25, -0.2) is 0 Å². The van der Waals surface area contributed by atoms with Gasteiger partial charge in [0.05, 0.1) is 17.7 Å². The number of carbonyl (C=O) groups is 1. The third kappa shape index (κ3) is 4.64. The number of hydrogen-bond acceptors (Lipinski definition) is 6. The number of aromatic nitrogens is 1. The third-order valence-electron chi connectivity index (χ3n) is 5.41. The van der Waals surface area contributed by atoms with Crippen molar-refractivity contribution in [3.63, 3.8) is 0 Å². The minimum absolute atomic E-state index is 0.109. The molecule has 3 unspecified atom stereocenters. The summed E-state index contributed by atoms with van der Waals surface area (Å²) in [6.45, 7) is 6.01. The van der Waals surface area contributed by atoms with Crippen LogP contribution in [-0.4, -0.2) is 68.9 Å². The molecule has 26 heavy (non-hydrogen) atoms. The SMILES string of the molecule is CC(CN(C)C)NC(=O)C1(Cc2cc(C3CCOC3)no2)CCCNC1. The van der Waals surface area contributed by atoms with E-state index in [9.17, 15) is 4.79 Å². The quantitative estimate of drug-likeness (QED) is 0.756. The molecule has 2 aliphatic heterocycles. The Bertz CT molecular complexity index is 589. The Kier molecular flexibility index (Phi) is 6.32. The van der Waals surface area contributed by atoms with E-state index in [1.54, 1.807) is 0 Å². The highest BCUT2D eigenvalue weighted by Gasteiger charge is 2.41. The molecule has 2 aliphatic rings. The van der Waals surface area contributed by atoms with Crippen molar-refractivity contribution >= 4 is 5.91 Å². The maximum atomic E-state index is 13.1. The number of hydrogen-bond donors (Lipinski definition) is 2. The highest BCUT2D eigenvalue weighted by Crippen LogP contribution is 2.33. The zero-order valence-corrected chi connectivity index (χ0v) is 16.2. The van der Waals surface area contributed by atoms with Gasteiger partial charge in [0, 0.05) is 44.1 Å². The standard InChI is InChI=1S/C19H32N4O3/c1-14(11-23(2)3)21-18(24)19(6-4-7-20-13-19)10-16-9-17(22-26-16)15-5-8-25-12-15/h9,14-15,20H,4-8,10-13H2,1-3H3,(H,21,24). The monoisotopic (exact) mass is 364 g/mol. The van der Waals surface area contributed by atoms with Gasteiger partial charge < -0.3 is 24.8 Å². The van der Waals surface area contributed by atoms with Crippen LogP contribution in [0.2, 0.25) is 0 Å². The maximum absolute atomic E-state index is 13.1. The van der Waals surface area contributed by atoms with Gasteiger partial charge in [-0.2, -0.15) is 0 Å². The molecule has 0 spiro atoms. The molecule has 7 heteroatoms. The number of likely N-dealkylation sites (N-methyl/N-ethyl adjacent to an activating group) is 1. The first-order valence-electron chi connectivity index (χ1n) is 9.68. The van der Waals surface area contributed by atoms with E-state index in [2.05, 4.69) is 27.6 Å². The molecule has 0 radical (unpaired) electrons. The van der Waals surface area contributed by atoms with Gasteiger partial charge in [0.1, 0.15) is 5.76 Å². The van der Waals surface area contributed by atoms with E-state index in [0.717, 1.165) is 50.4 Å². The number of piperidine rings is 1. The van der Waals surface area contributed by atoms with Gasteiger partial charge in [-0.1, -0.05) is 5.16 Å². The van der Waals surface area contributed by atoms with Crippen LogP contribution < -0.4 is 10.6 Å². The molecular formula is C19H32N4O3. The average Bonchev–Trinajstić information content (AvgIpc) is 3.26. The topological polar surface area (TPSA) is 79.6 Å². The van der Waals surface area contributed by atoms with Crippen LogP contribution in [0.1, 0.15) is 43.6 Å². The lowest BCUT2D eigenvalue weighted by Gasteiger charge is -2.36. The van der Waals surface area contributed by atoms with Crippen LogP contribution >= 0.6 is 0 Å². The summed E-state index contributed by atoms with van der Waals surface area (Å²) in [5.74, 6) is 1.23. The summed E-state index contributed by atoms with van der Waals surface area (Å²) in [5.41, 5.74) is 0.486. The van der Waals surface area contributed by atoms with Crippen molar-refractivity contribution in [3.05, 3.63) is 17.5 Å². The highest BCUT2D eigenvalue weighted by atomic mass is 16.5. The van der Waals surface area contributed by atoms with Crippen molar-refractivity contribution < 1.29 is 14.1 Å². The maximum Gasteiger partial charge on any atom is 0.228 e. The average molecular weight is 364 g/mol. The zero-order valence-electron chi connectivity index (χ0n) is 16.2. The van der Waals surface area contributed by atoms with Crippen LogP contribution in [0.15, 0.2) is 10.6 Å². The first kappa shape index (κ1) is 19.3. The van der Waals surface area contributed by atoms with E-state index >= 15 is 0 Å². The summed E-state index contributed by atoms with van der Waals surface area (Å²) in [6.07, 6.45) is 3.43. The second kappa shape index (κ2) is 8.50. The van der Waals surface area contributed by atoms with Crippen LogP contribution in [0.25, 0.3) is 0 Å². The van der Waals surface area contributed by atoms with Gasteiger partial charge in [-0.3, -0.25) is 4.79 Å². The molecular weight excluding hydrogens is 332 g/mol. The molecule has 0 aromatic carbocycles. The fourth-order valence-corrected chi connectivity index (χ4v) is 4.07. The molecule has 0 bridgehead atoms. The summed E-state index contributed by atoms with van der Waals surface area (Å²) in [7, 11) is 4.03. The van der Waals surface area contributed by atoms with Gasteiger partial charge in [0.2, 0.25) is 5.91 Å². The number of carbonyl (C=O) groups excluding carboxylic acids is 1. The number of ether oxygens (including phenoxy) is 1. The van der Waals surface area contributed by atoms with E-state index in [4.69, 9.17) is 9.26 Å². The molecule has 2 fully saturated rings. The largest absolute Gasteiger partial charge is 0.381 e. The first-order valence-corrected chi connectivity index (χ1v) is 9.68. The van der Waals surface area contributed by atoms with E-state index < -0.39 is 5.41 Å². The Labute approximate surface area is 155 Å². The van der Waals surface area contributed by atoms with E-state index in [-0.39, 0.29) is 11.9 Å². The Balaban J connectivity index is 1.69. The molecule has 7 nitrogen and oxygen atoms in total. The fourth-order valence-electron chi connectivity index (χ4n) is 4.07. The van der Waals surface area contributed by atoms with E-state index in [0.29, 0.717) is 25.5 Å². The van der Waals surface area contributed by atoms with Gasteiger partial charge >= 0.3 is 0 Å². The van der Waals surface area contributed by atoms with Crippen molar-refractivity contribution in [1.29, 1.82) is 0 Å². The van der Waals surface area contributed by atoms with Crippen molar-refractivity contribution in [1.82, 2.24) is 20.7 Å². The lowest BCUT2D eigenvalue weighted by molar-refractivity contribution is -0.133. The Morgan fingerprint density at radius 2 is 2.38 bits per heavy atom. The molecule has 0 aliphatic carbocycles. The summed E-state index contributed by atoms with van der Waals surface area (Å²) >= 11 is 0. The lowest BCUT2D eigenvalue weighted by atomic mass is 9.76. The minimum Gasteiger partial charge on any atom is -0.381 e. The Morgan fingerprint density at radius 1 is 1.54 bits per heavy atom. The molecule has 146 valence electrons. The molecule has 1 aromatic rings. The van der Waals surface area contributed by atoms with Crippen LogP contribution in [0.5, 0.6) is 0 Å². The zero-order chi connectivity index (χ0) is 18.6. The van der Waals surface area contributed by atoms with Crippen molar-refractivity contribution in [2.75, 3.05) is 46.9 Å². The van der Waals surface area contributed by atoms with Gasteiger partial charge in [-0.15, -0.1) is 0 Å². The van der Waals surface area contributed by atoms with Gasteiger partial charge in [-0.05, 0) is 46.8 Å². The third-order valence-corrected chi connectivity index (χ3v) is 5.41. The summed E-state index contributed by atoms with van der Waals surface area (Å²) in [6, 6.07) is 2.13. The van der Waals surface area contributed by atoms with Crippen LogP contribution in [0, 0.1) is 5.41 Å². The van der Waals surface area contributed by atoms with E-state index in [1.807, 2.05) is 20.2 Å². The van der Waals surface area contributed by atoms with Crippen molar-refractivity contribution in [2.24, 2.45) is 5.41 Å². The molecule has 1 amide bonds. The minimum atomic E-state index is -0.470. The van der Waals surface area contributed by atoms with Crippen LogP contribution in [-0.2, 0) is 16.0 Å². The molecule has 1 aromatic heterocycles. The number of nitrogens with one attached hydrogen (secondary N) is 2. The van der Waals surface area contributed by atoms with Crippen LogP contribution in [0.4, 0.5) is 0 Å². The molecule has 2 saturated heterocycles. The smallest absolute Gasteiger partial charge is 0.228 e. The number of amides is 1. The number of nitrogens with zero attached hydrogens (tertiary/aromatic N) is 2. The molecule has 0 saturated carbocycles. The normalized spacial score (nSPS) is 27.6. The summed E-state index contributed by atoms with van der Waals surface area (Å²) in [4.78, 5) is 15.2. The molecule has 3 heterocycles. The van der Waals surface area contributed by atoms with Crippen LogP contribution in [0.3, 0.4) is 0 Å². The van der Waals surface area contributed by atoms with Gasteiger partial charge in [0.25, 0.3) is 0 Å². The summed E-state index contributed by atoms with van der Waals surface area (Å²) in [5, 5.41) is 10.8. The first-order chi connectivity index (χ1) is 12.5. The molecule has 3 rings (SSSR count). The number of rotatable bonds is 7. The summed E-state index contributed by atoms with van der Waals surface area (Å²) < 4.78 is 11.0. The fraction of sp³-hybridized carbons (Fsp3) is 0.789. The lowest BCUT2D eigenvalue weighted by Crippen LogP contribution is -2.54. The van der Waals surface area contributed by atoms with Crippen molar-refractivity contribution in [2.45, 2.75) is 44.6 Å². The second-order valence-corrected chi connectivity index (χ2v) is 8.15. The van der Waals surface area contributed by atoms with Crippen molar-refractivity contribution in [3.8, 4) is 0 Å².